The van der Waals surface area contributed by atoms with Gasteiger partial charge in [-0.15, -0.1) is 11.3 Å². The fourth-order valence-corrected chi connectivity index (χ4v) is 2.88. The molecule has 0 saturated heterocycles. The molecule has 0 fully saturated rings. The van der Waals surface area contributed by atoms with Crippen molar-refractivity contribution in [3.63, 3.8) is 0 Å². The van der Waals surface area contributed by atoms with E-state index in [1.165, 1.54) is 11.2 Å². The number of nitrogens with zero attached hydrogens (tertiary/aromatic N) is 2. The second-order valence-electron chi connectivity index (χ2n) is 4.76. The van der Waals surface area contributed by atoms with Crippen LogP contribution in [0.4, 0.5) is 11.5 Å². The van der Waals surface area contributed by atoms with Crippen molar-refractivity contribution in [2.45, 2.75) is 26.8 Å². The van der Waals surface area contributed by atoms with Crippen LogP contribution in [-0.4, -0.2) is 16.6 Å². The Labute approximate surface area is 123 Å². The Morgan fingerprint density at radius 3 is 2.80 bits per heavy atom. The van der Waals surface area contributed by atoms with E-state index in [2.05, 4.69) is 40.6 Å². The van der Waals surface area contributed by atoms with Gasteiger partial charge in [0.2, 0.25) is 5.88 Å². The molecule has 6 heteroatoms. The van der Waals surface area contributed by atoms with E-state index >= 15 is 0 Å². The van der Waals surface area contributed by atoms with Crippen LogP contribution in [0.25, 0.3) is 0 Å². The van der Waals surface area contributed by atoms with E-state index in [1.807, 2.05) is 13.0 Å². The molecule has 0 spiro atoms. The van der Waals surface area contributed by atoms with Crippen molar-refractivity contribution in [3.05, 3.63) is 28.7 Å². The number of nitrogens with one attached hydrogen (secondary N) is 1. The lowest BCUT2D eigenvalue weighted by molar-refractivity contribution is 0.328. The highest BCUT2D eigenvalue weighted by Crippen LogP contribution is 2.33. The van der Waals surface area contributed by atoms with Gasteiger partial charge in [0.15, 0.2) is 5.82 Å². The summed E-state index contributed by atoms with van der Waals surface area (Å²) in [7, 11) is 0. The van der Waals surface area contributed by atoms with Crippen LogP contribution in [0.5, 0.6) is 5.88 Å². The van der Waals surface area contributed by atoms with Gasteiger partial charge in [0.1, 0.15) is 12.0 Å². The summed E-state index contributed by atoms with van der Waals surface area (Å²) in [6, 6.07) is 4.33. The molecule has 0 aliphatic carbocycles. The average Bonchev–Trinajstić information content (AvgIpc) is 2.93. The molecule has 0 aromatic carbocycles. The predicted molar refractivity (Wildman–Crippen MR) is 83.1 cm³/mol. The van der Waals surface area contributed by atoms with Gasteiger partial charge in [0, 0.05) is 4.88 Å². The summed E-state index contributed by atoms with van der Waals surface area (Å²) in [6.45, 7) is 6.76. The number of ether oxygens (including phenoxy) is 1. The standard InChI is InChI=1S/C14H20N4OS/c1-4-19-14-11(15)13(16-8-17-14)18-12(9(2)3)10-6-5-7-20-10/h5-9,12H,4,15H2,1-3H3,(H,16,17,18). The first-order valence-corrected chi connectivity index (χ1v) is 7.54. The first kappa shape index (κ1) is 14.6. The molecule has 2 aromatic rings. The lowest BCUT2D eigenvalue weighted by Crippen LogP contribution is -2.18. The van der Waals surface area contributed by atoms with Crippen LogP contribution in [0.1, 0.15) is 31.7 Å². The van der Waals surface area contributed by atoms with E-state index in [0.717, 1.165) is 0 Å². The number of anilines is 2. The largest absolute Gasteiger partial charge is 0.476 e. The maximum Gasteiger partial charge on any atom is 0.242 e. The third-order valence-electron chi connectivity index (χ3n) is 2.94. The molecule has 0 bridgehead atoms. The molecular formula is C14H20N4OS. The highest BCUT2D eigenvalue weighted by atomic mass is 32.1. The molecule has 1 atom stereocenters. The Morgan fingerprint density at radius 2 is 2.20 bits per heavy atom. The summed E-state index contributed by atoms with van der Waals surface area (Å²) in [4.78, 5) is 9.54. The normalized spacial score (nSPS) is 12.4. The number of nitrogen functional groups attached to an aromatic ring is 1. The van der Waals surface area contributed by atoms with Crippen molar-refractivity contribution in [2.24, 2.45) is 5.92 Å². The molecule has 0 amide bonds. The van der Waals surface area contributed by atoms with Crippen LogP contribution in [0.3, 0.4) is 0 Å². The minimum atomic E-state index is 0.168. The smallest absolute Gasteiger partial charge is 0.242 e. The second kappa shape index (κ2) is 6.56. The van der Waals surface area contributed by atoms with Crippen molar-refractivity contribution >= 4 is 22.8 Å². The van der Waals surface area contributed by atoms with Crippen molar-refractivity contribution in [1.82, 2.24) is 9.97 Å². The summed E-state index contributed by atoms with van der Waals surface area (Å²) in [6.07, 6.45) is 1.47. The molecule has 0 radical (unpaired) electrons. The van der Waals surface area contributed by atoms with Crippen LogP contribution in [0.15, 0.2) is 23.8 Å². The molecule has 2 aromatic heterocycles. The third-order valence-corrected chi connectivity index (χ3v) is 3.89. The molecule has 1 unspecified atom stereocenters. The zero-order valence-electron chi connectivity index (χ0n) is 12.0. The number of rotatable bonds is 6. The van der Waals surface area contributed by atoms with Gasteiger partial charge in [-0.3, -0.25) is 0 Å². The third kappa shape index (κ3) is 3.19. The van der Waals surface area contributed by atoms with Crippen LogP contribution in [-0.2, 0) is 0 Å². The summed E-state index contributed by atoms with van der Waals surface area (Å²) in [5, 5.41) is 5.47. The fraction of sp³-hybridized carbons (Fsp3) is 0.429. The van der Waals surface area contributed by atoms with Gasteiger partial charge in [0.25, 0.3) is 0 Å². The van der Waals surface area contributed by atoms with Crippen molar-refractivity contribution in [3.8, 4) is 5.88 Å². The van der Waals surface area contributed by atoms with Gasteiger partial charge in [0.05, 0.1) is 12.6 Å². The highest BCUT2D eigenvalue weighted by Gasteiger charge is 2.19. The van der Waals surface area contributed by atoms with Crippen LogP contribution in [0.2, 0.25) is 0 Å². The van der Waals surface area contributed by atoms with Gasteiger partial charge in [-0.05, 0) is 24.3 Å². The van der Waals surface area contributed by atoms with Crippen molar-refractivity contribution in [2.75, 3.05) is 17.7 Å². The van der Waals surface area contributed by atoms with Crippen LogP contribution >= 0.6 is 11.3 Å². The van der Waals surface area contributed by atoms with Gasteiger partial charge >= 0.3 is 0 Å². The Hall–Kier alpha value is -1.82. The van der Waals surface area contributed by atoms with Gasteiger partial charge in [-0.1, -0.05) is 19.9 Å². The second-order valence-corrected chi connectivity index (χ2v) is 5.73. The SMILES string of the molecule is CCOc1ncnc(NC(c2cccs2)C(C)C)c1N. The minimum Gasteiger partial charge on any atom is -0.476 e. The molecule has 3 N–H and O–H groups in total. The van der Waals surface area contributed by atoms with Gasteiger partial charge < -0.3 is 15.8 Å². The number of hydrogen-bond acceptors (Lipinski definition) is 6. The quantitative estimate of drug-likeness (QED) is 0.854. The minimum absolute atomic E-state index is 0.168. The number of aromatic nitrogens is 2. The molecule has 0 aliphatic heterocycles. The van der Waals surface area contributed by atoms with Crippen molar-refractivity contribution in [1.29, 1.82) is 0 Å². The zero-order valence-corrected chi connectivity index (χ0v) is 12.8. The summed E-state index contributed by atoms with van der Waals surface area (Å²) in [5.74, 6) is 1.47. The van der Waals surface area contributed by atoms with Crippen molar-refractivity contribution < 1.29 is 4.74 Å². The molecule has 0 aliphatic rings. The van der Waals surface area contributed by atoms with E-state index < -0.39 is 0 Å². The highest BCUT2D eigenvalue weighted by molar-refractivity contribution is 7.10. The monoisotopic (exact) mass is 292 g/mol. The maximum absolute atomic E-state index is 6.06. The van der Waals surface area contributed by atoms with E-state index in [0.29, 0.717) is 29.9 Å². The molecular weight excluding hydrogens is 272 g/mol. The Balaban J connectivity index is 2.25. The first-order chi connectivity index (χ1) is 9.63. The van der Waals surface area contributed by atoms with Crippen LogP contribution in [0, 0.1) is 5.92 Å². The molecule has 2 rings (SSSR count). The molecule has 20 heavy (non-hydrogen) atoms. The lowest BCUT2D eigenvalue weighted by atomic mass is 10.0. The summed E-state index contributed by atoms with van der Waals surface area (Å²) < 4.78 is 5.40. The Morgan fingerprint density at radius 1 is 1.40 bits per heavy atom. The van der Waals surface area contributed by atoms with E-state index in [1.54, 1.807) is 11.3 Å². The first-order valence-electron chi connectivity index (χ1n) is 6.66. The zero-order chi connectivity index (χ0) is 14.5. The lowest BCUT2D eigenvalue weighted by Gasteiger charge is -2.22. The molecule has 5 nitrogen and oxygen atoms in total. The number of nitrogens with two attached hydrogens (primary N) is 1. The predicted octanol–water partition coefficient (Wildman–Crippen LogP) is 3.33. The van der Waals surface area contributed by atoms with E-state index in [-0.39, 0.29) is 6.04 Å². The molecule has 0 saturated carbocycles. The summed E-state index contributed by atoms with van der Waals surface area (Å²) >= 11 is 1.72. The van der Waals surface area contributed by atoms with Gasteiger partial charge in [-0.25, -0.2) is 4.98 Å². The topological polar surface area (TPSA) is 73.1 Å². The van der Waals surface area contributed by atoms with Gasteiger partial charge in [-0.2, -0.15) is 4.98 Å². The fourth-order valence-electron chi connectivity index (χ4n) is 1.93. The van der Waals surface area contributed by atoms with E-state index in [4.69, 9.17) is 10.5 Å². The molecule has 108 valence electrons. The maximum atomic E-state index is 6.06. The summed E-state index contributed by atoms with van der Waals surface area (Å²) in [5.41, 5.74) is 6.52. The van der Waals surface area contributed by atoms with Crippen LogP contribution < -0.4 is 15.8 Å². The Kier molecular flexibility index (Phi) is 4.79. The Bertz CT molecular complexity index is 542. The average molecular weight is 292 g/mol. The number of hydrogen-bond donors (Lipinski definition) is 2. The molecule has 2 heterocycles. The number of thiophene rings is 1. The van der Waals surface area contributed by atoms with E-state index in [9.17, 15) is 0 Å².